The van der Waals surface area contributed by atoms with Crippen LogP contribution in [-0.2, 0) is 0 Å². The third-order valence-corrected chi connectivity index (χ3v) is 5.77. The van der Waals surface area contributed by atoms with Crippen molar-refractivity contribution in [3.05, 3.63) is 122 Å². The monoisotopic (exact) mass is 424 g/mol. The highest BCUT2D eigenvalue weighted by molar-refractivity contribution is 5.92. The molecule has 0 unspecified atom stereocenters. The highest BCUT2D eigenvalue weighted by Gasteiger charge is 2.10. The largest absolute Gasteiger partial charge is 0.457 e. The van der Waals surface area contributed by atoms with Crippen LogP contribution in [0.1, 0.15) is 0 Å². The fourth-order valence-electron chi connectivity index (χ4n) is 4.13. The third kappa shape index (κ3) is 3.81. The van der Waals surface area contributed by atoms with E-state index in [1.807, 2.05) is 73.1 Å². The summed E-state index contributed by atoms with van der Waals surface area (Å²) in [6.07, 6.45) is 3.73. The van der Waals surface area contributed by atoms with Crippen LogP contribution in [0.25, 0.3) is 44.1 Å². The fourth-order valence-corrected chi connectivity index (χ4v) is 4.13. The molecule has 2 heterocycles. The van der Waals surface area contributed by atoms with E-state index in [1.165, 1.54) is 5.39 Å². The van der Waals surface area contributed by atoms with Crippen LogP contribution in [0.3, 0.4) is 0 Å². The molecule has 3 heteroatoms. The maximum atomic E-state index is 6.45. The minimum Gasteiger partial charge on any atom is -0.457 e. The Morgan fingerprint density at radius 3 is 2.21 bits per heavy atom. The van der Waals surface area contributed by atoms with Gasteiger partial charge in [0.2, 0.25) is 0 Å². The molecular formula is C30H20N2O. The van der Waals surface area contributed by atoms with Crippen LogP contribution in [0.4, 0.5) is 0 Å². The van der Waals surface area contributed by atoms with Crippen molar-refractivity contribution in [3.8, 4) is 34.0 Å². The Morgan fingerprint density at radius 1 is 0.515 bits per heavy atom. The normalized spacial score (nSPS) is 11.0. The van der Waals surface area contributed by atoms with Crippen LogP contribution < -0.4 is 4.74 Å². The molecule has 2 aromatic heterocycles. The Morgan fingerprint density at radius 2 is 1.33 bits per heavy atom. The van der Waals surface area contributed by atoms with Crippen molar-refractivity contribution in [3.63, 3.8) is 0 Å². The molecule has 0 atom stereocenters. The molecule has 0 aliphatic heterocycles. The van der Waals surface area contributed by atoms with E-state index in [1.54, 1.807) is 0 Å². The summed E-state index contributed by atoms with van der Waals surface area (Å²) in [5.41, 5.74) is 3.88. The molecule has 6 aromatic rings. The van der Waals surface area contributed by atoms with Crippen LogP contribution in [-0.4, -0.2) is 9.97 Å². The molecule has 0 spiro atoms. The number of ether oxygens (including phenoxy) is 1. The standard InChI is InChI=1S/C30H20N2O/c1-2-10-24-20-32-29(18-21(24)8-1)23-11-7-12-26(17-23)33-30-19-25(28-14-5-6-15-31-28)16-22-9-3-4-13-27(22)30/h1-20H. The van der Waals surface area contributed by atoms with Crippen LogP contribution in [0.5, 0.6) is 11.5 Å². The lowest BCUT2D eigenvalue weighted by atomic mass is 10.0. The first kappa shape index (κ1) is 19.2. The molecule has 33 heavy (non-hydrogen) atoms. The van der Waals surface area contributed by atoms with E-state index in [0.717, 1.165) is 50.2 Å². The fraction of sp³-hybridized carbons (Fsp3) is 0. The topological polar surface area (TPSA) is 35.0 Å². The Hall–Kier alpha value is -4.50. The Labute approximate surface area is 192 Å². The van der Waals surface area contributed by atoms with E-state index in [2.05, 4.69) is 58.5 Å². The number of nitrogens with zero attached hydrogens (tertiary/aromatic N) is 2. The lowest BCUT2D eigenvalue weighted by Gasteiger charge is -2.13. The van der Waals surface area contributed by atoms with Gasteiger partial charge in [-0.2, -0.15) is 0 Å². The molecule has 6 rings (SSSR count). The molecule has 0 saturated carbocycles. The van der Waals surface area contributed by atoms with E-state index < -0.39 is 0 Å². The Balaban J connectivity index is 1.41. The van der Waals surface area contributed by atoms with Crippen molar-refractivity contribution < 1.29 is 4.74 Å². The quantitative estimate of drug-likeness (QED) is 0.288. The lowest BCUT2D eigenvalue weighted by Crippen LogP contribution is -1.90. The zero-order valence-electron chi connectivity index (χ0n) is 17.8. The van der Waals surface area contributed by atoms with Crippen LogP contribution >= 0.6 is 0 Å². The predicted molar refractivity (Wildman–Crippen MR) is 134 cm³/mol. The van der Waals surface area contributed by atoms with Gasteiger partial charge >= 0.3 is 0 Å². The maximum absolute atomic E-state index is 6.45. The summed E-state index contributed by atoms with van der Waals surface area (Å²) in [4.78, 5) is 9.18. The average molecular weight is 425 g/mol. The maximum Gasteiger partial charge on any atom is 0.135 e. The SMILES string of the molecule is c1ccc(-c2cc(Oc3cccc(-c4cc5ccccc5cn4)c3)c3ccccc3c2)nc1. The third-order valence-electron chi connectivity index (χ3n) is 5.77. The molecule has 156 valence electrons. The zero-order valence-corrected chi connectivity index (χ0v) is 17.8. The predicted octanol–water partition coefficient (Wildman–Crippen LogP) is 7.91. The molecule has 0 aliphatic rings. The van der Waals surface area contributed by atoms with Crippen LogP contribution in [0.2, 0.25) is 0 Å². The first-order valence-electron chi connectivity index (χ1n) is 10.9. The zero-order chi connectivity index (χ0) is 22.0. The van der Waals surface area contributed by atoms with Gasteiger partial charge in [0.25, 0.3) is 0 Å². The smallest absolute Gasteiger partial charge is 0.135 e. The highest BCUT2D eigenvalue weighted by atomic mass is 16.5. The molecular weight excluding hydrogens is 404 g/mol. The summed E-state index contributed by atoms with van der Waals surface area (Å²) in [6, 6.07) is 36.9. The van der Waals surface area contributed by atoms with Gasteiger partial charge in [0.1, 0.15) is 11.5 Å². The molecule has 0 radical (unpaired) electrons. The van der Waals surface area contributed by atoms with E-state index in [-0.39, 0.29) is 0 Å². The van der Waals surface area contributed by atoms with Gasteiger partial charge in [0.05, 0.1) is 11.4 Å². The number of hydrogen-bond acceptors (Lipinski definition) is 3. The molecule has 0 N–H and O–H groups in total. The minimum absolute atomic E-state index is 0.769. The van der Waals surface area contributed by atoms with Crippen LogP contribution in [0, 0.1) is 0 Å². The van der Waals surface area contributed by atoms with Crippen molar-refractivity contribution in [1.29, 1.82) is 0 Å². The molecule has 0 aliphatic carbocycles. The van der Waals surface area contributed by atoms with Crippen molar-refractivity contribution in [1.82, 2.24) is 9.97 Å². The van der Waals surface area contributed by atoms with Gasteiger partial charge in [-0.3, -0.25) is 9.97 Å². The minimum atomic E-state index is 0.769. The van der Waals surface area contributed by atoms with E-state index in [0.29, 0.717) is 0 Å². The summed E-state index contributed by atoms with van der Waals surface area (Å²) >= 11 is 0. The Bertz CT molecular complexity index is 1590. The number of aromatic nitrogens is 2. The van der Waals surface area contributed by atoms with Crippen molar-refractivity contribution in [2.45, 2.75) is 0 Å². The van der Waals surface area contributed by atoms with Crippen molar-refractivity contribution in [2.24, 2.45) is 0 Å². The van der Waals surface area contributed by atoms with Gasteiger partial charge < -0.3 is 4.74 Å². The molecule has 0 amide bonds. The number of benzene rings is 4. The average Bonchev–Trinajstić information content (AvgIpc) is 2.89. The number of rotatable bonds is 4. The molecule has 4 aromatic carbocycles. The summed E-state index contributed by atoms with van der Waals surface area (Å²) < 4.78 is 6.45. The van der Waals surface area contributed by atoms with Crippen LogP contribution in [0.15, 0.2) is 122 Å². The van der Waals surface area contributed by atoms with E-state index in [4.69, 9.17) is 4.74 Å². The second-order valence-electron chi connectivity index (χ2n) is 7.96. The van der Waals surface area contributed by atoms with Gasteiger partial charge in [-0.05, 0) is 53.2 Å². The first-order valence-corrected chi connectivity index (χ1v) is 10.9. The second-order valence-corrected chi connectivity index (χ2v) is 7.96. The van der Waals surface area contributed by atoms with E-state index >= 15 is 0 Å². The Kier molecular flexibility index (Phi) is 4.78. The second kappa shape index (κ2) is 8.21. The lowest BCUT2D eigenvalue weighted by molar-refractivity contribution is 0.489. The highest BCUT2D eigenvalue weighted by Crippen LogP contribution is 2.35. The molecule has 0 bridgehead atoms. The molecule has 0 saturated heterocycles. The molecule has 3 nitrogen and oxygen atoms in total. The van der Waals surface area contributed by atoms with Gasteiger partial charge in [-0.1, -0.05) is 66.7 Å². The van der Waals surface area contributed by atoms with Crippen molar-refractivity contribution in [2.75, 3.05) is 0 Å². The van der Waals surface area contributed by atoms with Gasteiger partial charge in [0, 0.05) is 34.3 Å². The summed E-state index contributed by atoms with van der Waals surface area (Å²) in [5, 5.41) is 4.48. The number of pyridine rings is 2. The van der Waals surface area contributed by atoms with Gasteiger partial charge in [-0.15, -0.1) is 0 Å². The van der Waals surface area contributed by atoms with Gasteiger partial charge in [-0.25, -0.2) is 0 Å². The number of fused-ring (bicyclic) bond motifs is 2. The van der Waals surface area contributed by atoms with E-state index in [9.17, 15) is 0 Å². The summed E-state index contributed by atoms with van der Waals surface area (Å²) in [7, 11) is 0. The summed E-state index contributed by atoms with van der Waals surface area (Å²) in [5.74, 6) is 1.57. The number of hydrogen-bond donors (Lipinski definition) is 0. The van der Waals surface area contributed by atoms with Gasteiger partial charge in [0.15, 0.2) is 0 Å². The first-order chi connectivity index (χ1) is 16.3. The summed E-state index contributed by atoms with van der Waals surface area (Å²) in [6.45, 7) is 0. The van der Waals surface area contributed by atoms with Crippen molar-refractivity contribution >= 4 is 21.5 Å². The molecule has 0 fully saturated rings.